The van der Waals surface area contributed by atoms with Crippen molar-refractivity contribution in [2.24, 2.45) is 0 Å². The first-order valence-corrected chi connectivity index (χ1v) is 9.81. The Morgan fingerprint density at radius 2 is 1.73 bits per heavy atom. The SMILES string of the molecule is Cc1nc(N)nc(-c2cc(NC(=O)OC(C)(C)C)cc(C(F)(F)F)c2)c1-c1ccc(N)nc1. The summed E-state index contributed by atoms with van der Waals surface area (Å²) in [6.45, 7) is 6.58. The molecular weight excluding hydrogens is 437 g/mol. The van der Waals surface area contributed by atoms with Gasteiger partial charge in [0.05, 0.1) is 17.0 Å². The summed E-state index contributed by atoms with van der Waals surface area (Å²) in [7, 11) is 0. The first-order valence-electron chi connectivity index (χ1n) is 9.81. The molecule has 0 saturated carbocycles. The molecule has 1 aromatic carbocycles. The Labute approximate surface area is 188 Å². The second kappa shape index (κ2) is 8.57. The van der Waals surface area contributed by atoms with Gasteiger partial charge in [0, 0.05) is 28.6 Å². The molecule has 8 nitrogen and oxygen atoms in total. The molecule has 33 heavy (non-hydrogen) atoms. The number of aromatic nitrogens is 3. The number of amides is 1. The molecular formula is C22H23F3N6O2. The number of halogens is 3. The van der Waals surface area contributed by atoms with Crippen LogP contribution in [0.1, 0.15) is 32.0 Å². The fraction of sp³-hybridized carbons (Fsp3) is 0.273. The molecule has 2 aromatic heterocycles. The maximum Gasteiger partial charge on any atom is 0.416 e. The molecule has 2 heterocycles. The van der Waals surface area contributed by atoms with E-state index in [-0.39, 0.29) is 28.7 Å². The smallest absolute Gasteiger partial charge is 0.416 e. The van der Waals surface area contributed by atoms with E-state index in [1.165, 1.54) is 12.3 Å². The lowest BCUT2D eigenvalue weighted by Gasteiger charge is -2.20. The highest BCUT2D eigenvalue weighted by Crippen LogP contribution is 2.38. The second-order valence-electron chi connectivity index (χ2n) is 8.29. The molecule has 3 aromatic rings. The van der Waals surface area contributed by atoms with Crippen LogP contribution in [0.25, 0.3) is 22.4 Å². The molecule has 0 fully saturated rings. The molecule has 5 N–H and O–H groups in total. The molecule has 0 unspecified atom stereocenters. The number of hydrogen-bond acceptors (Lipinski definition) is 7. The molecule has 0 aliphatic rings. The van der Waals surface area contributed by atoms with Crippen molar-refractivity contribution in [3.63, 3.8) is 0 Å². The molecule has 0 bridgehead atoms. The number of pyridine rings is 1. The zero-order valence-corrected chi connectivity index (χ0v) is 18.4. The molecule has 0 spiro atoms. The monoisotopic (exact) mass is 460 g/mol. The highest BCUT2D eigenvalue weighted by Gasteiger charge is 2.32. The maximum atomic E-state index is 13.7. The van der Waals surface area contributed by atoms with E-state index in [0.717, 1.165) is 12.1 Å². The number of nitrogens with zero attached hydrogens (tertiary/aromatic N) is 3. The number of rotatable bonds is 3. The van der Waals surface area contributed by atoms with Gasteiger partial charge in [-0.25, -0.2) is 19.7 Å². The highest BCUT2D eigenvalue weighted by molar-refractivity contribution is 5.89. The lowest BCUT2D eigenvalue weighted by atomic mass is 9.97. The van der Waals surface area contributed by atoms with Crippen molar-refractivity contribution >= 4 is 23.5 Å². The lowest BCUT2D eigenvalue weighted by Crippen LogP contribution is -2.27. The number of carbonyl (C=O) groups excluding carboxylic acids is 1. The van der Waals surface area contributed by atoms with Gasteiger partial charge in [-0.3, -0.25) is 5.32 Å². The van der Waals surface area contributed by atoms with Crippen LogP contribution in [0.4, 0.5) is 35.4 Å². The molecule has 0 aliphatic heterocycles. The van der Waals surface area contributed by atoms with Crippen LogP contribution in [0.15, 0.2) is 36.5 Å². The maximum absolute atomic E-state index is 13.7. The first-order chi connectivity index (χ1) is 15.2. The van der Waals surface area contributed by atoms with Crippen molar-refractivity contribution in [1.82, 2.24) is 15.0 Å². The van der Waals surface area contributed by atoms with Crippen LogP contribution in [-0.4, -0.2) is 26.6 Å². The quantitative estimate of drug-likeness (QED) is 0.499. The van der Waals surface area contributed by atoms with Crippen molar-refractivity contribution in [2.75, 3.05) is 16.8 Å². The molecule has 174 valence electrons. The van der Waals surface area contributed by atoms with Crippen LogP contribution in [0, 0.1) is 6.92 Å². The largest absolute Gasteiger partial charge is 0.444 e. The van der Waals surface area contributed by atoms with E-state index < -0.39 is 23.4 Å². The van der Waals surface area contributed by atoms with Crippen molar-refractivity contribution in [3.8, 4) is 22.4 Å². The molecule has 3 rings (SSSR count). The summed E-state index contributed by atoms with van der Waals surface area (Å²) in [4.78, 5) is 24.6. The van der Waals surface area contributed by atoms with E-state index in [0.29, 0.717) is 16.8 Å². The number of aryl methyl sites for hydroxylation is 1. The predicted molar refractivity (Wildman–Crippen MR) is 119 cm³/mol. The van der Waals surface area contributed by atoms with Crippen LogP contribution in [0.3, 0.4) is 0 Å². The number of anilines is 3. The van der Waals surface area contributed by atoms with E-state index in [2.05, 4.69) is 20.3 Å². The van der Waals surface area contributed by atoms with Gasteiger partial charge in [-0.05, 0) is 58.0 Å². The Hall–Kier alpha value is -3.89. The zero-order chi connectivity index (χ0) is 24.6. The summed E-state index contributed by atoms with van der Waals surface area (Å²) in [6, 6.07) is 6.30. The fourth-order valence-electron chi connectivity index (χ4n) is 3.12. The van der Waals surface area contributed by atoms with Gasteiger partial charge in [-0.1, -0.05) is 0 Å². The number of nitrogens with one attached hydrogen (secondary N) is 1. The van der Waals surface area contributed by atoms with E-state index in [1.54, 1.807) is 39.8 Å². The van der Waals surface area contributed by atoms with E-state index in [4.69, 9.17) is 16.2 Å². The summed E-state index contributed by atoms with van der Waals surface area (Å²) in [5.41, 5.74) is 11.1. The van der Waals surface area contributed by atoms with Gasteiger partial charge in [0.1, 0.15) is 11.4 Å². The minimum Gasteiger partial charge on any atom is -0.444 e. The van der Waals surface area contributed by atoms with Gasteiger partial charge in [0.2, 0.25) is 5.95 Å². The van der Waals surface area contributed by atoms with Crippen molar-refractivity contribution in [3.05, 3.63) is 47.8 Å². The van der Waals surface area contributed by atoms with Crippen LogP contribution in [-0.2, 0) is 10.9 Å². The molecule has 0 saturated heterocycles. The van der Waals surface area contributed by atoms with Crippen molar-refractivity contribution < 1.29 is 22.7 Å². The first kappa shape index (κ1) is 23.8. The summed E-state index contributed by atoms with van der Waals surface area (Å²) < 4.78 is 46.2. The number of benzene rings is 1. The van der Waals surface area contributed by atoms with E-state index in [9.17, 15) is 18.0 Å². The van der Waals surface area contributed by atoms with Crippen LogP contribution in [0.5, 0.6) is 0 Å². The van der Waals surface area contributed by atoms with Gasteiger partial charge in [0.25, 0.3) is 0 Å². The molecule has 0 radical (unpaired) electrons. The lowest BCUT2D eigenvalue weighted by molar-refractivity contribution is -0.137. The Balaban J connectivity index is 2.19. The number of ether oxygens (including phenoxy) is 1. The Morgan fingerprint density at radius 3 is 2.30 bits per heavy atom. The fourth-order valence-corrected chi connectivity index (χ4v) is 3.12. The average Bonchev–Trinajstić information content (AvgIpc) is 2.66. The molecule has 0 atom stereocenters. The topological polar surface area (TPSA) is 129 Å². The Kier molecular flexibility index (Phi) is 6.17. The van der Waals surface area contributed by atoms with Gasteiger partial charge in [0.15, 0.2) is 0 Å². The average molecular weight is 460 g/mol. The molecule has 0 aliphatic carbocycles. The van der Waals surface area contributed by atoms with Gasteiger partial charge in [-0.15, -0.1) is 0 Å². The third-order valence-electron chi connectivity index (χ3n) is 4.36. The third-order valence-corrected chi connectivity index (χ3v) is 4.36. The summed E-state index contributed by atoms with van der Waals surface area (Å²) in [6.07, 6.45) is -4.11. The Morgan fingerprint density at radius 1 is 1.03 bits per heavy atom. The molecule has 11 heteroatoms. The predicted octanol–water partition coefficient (Wildman–Crippen LogP) is 5.04. The van der Waals surface area contributed by atoms with Crippen molar-refractivity contribution in [1.29, 1.82) is 0 Å². The van der Waals surface area contributed by atoms with Crippen molar-refractivity contribution in [2.45, 2.75) is 39.5 Å². The standard InChI is InChI=1S/C22H23F3N6O2/c1-11-17(12-5-6-16(26)28-10-12)18(31-19(27)29-11)13-7-14(22(23,24)25)9-15(8-13)30-20(32)33-21(2,3)4/h5-10H,1-4H3,(H2,26,28)(H,30,32)(H2,27,29,31). The van der Waals surface area contributed by atoms with Crippen LogP contribution < -0.4 is 16.8 Å². The minimum absolute atomic E-state index is 0.0694. The summed E-state index contributed by atoms with van der Waals surface area (Å²) in [5, 5.41) is 2.35. The Bertz CT molecular complexity index is 1190. The third kappa shape index (κ3) is 5.88. The second-order valence-corrected chi connectivity index (χ2v) is 8.29. The van der Waals surface area contributed by atoms with Gasteiger partial charge < -0.3 is 16.2 Å². The van der Waals surface area contributed by atoms with E-state index in [1.807, 2.05) is 0 Å². The summed E-state index contributed by atoms with van der Waals surface area (Å²) in [5.74, 6) is 0.158. The molecule has 1 amide bonds. The van der Waals surface area contributed by atoms with E-state index >= 15 is 0 Å². The number of alkyl halides is 3. The van der Waals surface area contributed by atoms with Crippen LogP contribution >= 0.6 is 0 Å². The van der Waals surface area contributed by atoms with Crippen LogP contribution in [0.2, 0.25) is 0 Å². The summed E-state index contributed by atoms with van der Waals surface area (Å²) >= 11 is 0. The highest BCUT2D eigenvalue weighted by atomic mass is 19.4. The number of carbonyl (C=O) groups is 1. The number of nitrogen functional groups attached to an aromatic ring is 2. The minimum atomic E-state index is -4.68. The number of hydrogen-bond donors (Lipinski definition) is 3. The normalized spacial score (nSPS) is 11.8. The van der Waals surface area contributed by atoms with Gasteiger partial charge >= 0.3 is 12.3 Å². The number of nitrogens with two attached hydrogens (primary N) is 2. The van der Waals surface area contributed by atoms with Gasteiger partial charge in [-0.2, -0.15) is 13.2 Å². The zero-order valence-electron chi connectivity index (χ0n) is 18.4.